The smallest absolute Gasteiger partial charge is 0.324 e. The van der Waals surface area contributed by atoms with Crippen molar-refractivity contribution < 1.29 is 19.5 Å². The molecule has 0 bridgehead atoms. The van der Waals surface area contributed by atoms with Crippen LogP contribution in [0.2, 0.25) is 0 Å². The van der Waals surface area contributed by atoms with Crippen LogP contribution in [-0.4, -0.2) is 22.8 Å². The van der Waals surface area contributed by atoms with Gasteiger partial charge in [-0.1, -0.05) is 19.9 Å². The Morgan fingerprint density at radius 3 is 2.56 bits per heavy atom. The molecule has 5 heteroatoms. The van der Waals surface area contributed by atoms with Crippen molar-refractivity contribution in [3.05, 3.63) is 29.3 Å². The van der Waals surface area contributed by atoms with E-state index in [2.05, 4.69) is 5.32 Å². The molecule has 0 saturated carbocycles. The Morgan fingerprint density at radius 1 is 1.33 bits per heavy atom. The average Bonchev–Trinajstić information content (AvgIpc) is 2.27. The first kappa shape index (κ1) is 12.3. The first-order valence-corrected chi connectivity index (χ1v) is 5.63. The van der Waals surface area contributed by atoms with Crippen LogP contribution in [-0.2, 0) is 9.59 Å². The van der Waals surface area contributed by atoms with Crippen LogP contribution in [0.15, 0.2) is 18.2 Å². The van der Waals surface area contributed by atoms with E-state index in [1.807, 2.05) is 13.8 Å². The van der Waals surface area contributed by atoms with Crippen molar-refractivity contribution >= 4 is 23.3 Å². The summed E-state index contributed by atoms with van der Waals surface area (Å²) >= 11 is 0. The number of carbonyl (C=O) groups is 3. The quantitative estimate of drug-likeness (QED) is 0.778. The molecule has 1 atom stereocenters. The molecular formula is C13H13NO4. The zero-order valence-electron chi connectivity index (χ0n) is 10.1. The third-order valence-corrected chi connectivity index (χ3v) is 3.00. The lowest BCUT2D eigenvalue weighted by Crippen LogP contribution is -2.40. The number of carbonyl (C=O) groups excluding carboxylic acids is 2. The first-order valence-electron chi connectivity index (χ1n) is 5.63. The van der Waals surface area contributed by atoms with Gasteiger partial charge >= 0.3 is 5.97 Å². The largest absolute Gasteiger partial charge is 0.480 e. The minimum Gasteiger partial charge on any atom is -0.480 e. The molecule has 0 radical (unpaired) electrons. The van der Waals surface area contributed by atoms with E-state index in [1.54, 1.807) is 18.2 Å². The molecule has 1 aliphatic heterocycles. The number of amides is 1. The van der Waals surface area contributed by atoms with Crippen LogP contribution in [0.3, 0.4) is 0 Å². The maximum atomic E-state index is 11.9. The highest BCUT2D eigenvalue weighted by molar-refractivity contribution is 6.29. The second-order valence-corrected chi connectivity index (χ2v) is 4.58. The van der Waals surface area contributed by atoms with Crippen LogP contribution in [0.1, 0.15) is 35.7 Å². The van der Waals surface area contributed by atoms with E-state index in [9.17, 15) is 14.4 Å². The Hall–Kier alpha value is -2.17. The molecule has 1 aromatic rings. The van der Waals surface area contributed by atoms with Gasteiger partial charge in [0.25, 0.3) is 0 Å². The summed E-state index contributed by atoms with van der Waals surface area (Å²) in [6.45, 7) is 3.99. The molecular weight excluding hydrogens is 234 g/mol. The minimum atomic E-state index is -1.64. The molecule has 1 aliphatic rings. The number of ketones is 1. The normalized spacial score (nSPS) is 18.5. The first-order chi connectivity index (χ1) is 8.41. The molecule has 0 fully saturated rings. The SMILES string of the molecule is CC(C)c1ccc2c(c1)NC(=O)C(C(=O)O)C2=O. The van der Waals surface area contributed by atoms with Gasteiger partial charge in [0.05, 0.1) is 5.69 Å². The Morgan fingerprint density at radius 2 is 2.00 bits per heavy atom. The van der Waals surface area contributed by atoms with E-state index in [-0.39, 0.29) is 11.5 Å². The summed E-state index contributed by atoms with van der Waals surface area (Å²) in [5.74, 6) is -4.23. The van der Waals surface area contributed by atoms with E-state index in [4.69, 9.17) is 5.11 Å². The summed E-state index contributed by atoms with van der Waals surface area (Å²) in [6, 6.07) is 5.06. The molecule has 0 spiro atoms. The number of benzene rings is 1. The van der Waals surface area contributed by atoms with Crippen molar-refractivity contribution in [3.63, 3.8) is 0 Å². The molecule has 2 rings (SSSR count). The summed E-state index contributed by atoms with van der Waals surface area (Å²) in [5, 5.41) is 11.3. The van der Waals surface area contributed by atoms with Crippen LogP contribution in [0.4, 0.5) is 5.69 Å². The molecule has 0 saturated heterocycles. The van der Waals surface area contributed by atoms with Crippen molar-refractivity contribution in [2.45, 2.75) is 19.8 Å². The van der Waals surface area contributed by atoms with Crippen LogP contribution in [0, 0.1) is 5.92 Å². The second kappa shape index (κ2) is 4.25. The zero-order valence-corrected chi connectivity index (χ0v) is 10.1. The van der Waals surface area contributed by atoms with Gasteiger partial charge in [-0.25, -0.2) is 0 Å². The third-order valence-electron chi connectivity index (χ3n) is 3.00. The van der Waals surface area contributed by atoms with Crippen LogP contribution in [0.5, 0.6) is 0 Å². The van der Waals surface area contributed by atoms with Gasteiger partial charge in [-0.2, -0.15) is 0 Å². The molecule has 18 heavy (non-hydrogen) atoms. The van der Waals surface area contributed by atoms with Gasteiger partial charge in [0.15, 0.2) is 11.7 Å². The highest BCUT2D eigenvalue weighted by Gasteiger charge is 2.39. The van der Waals surface area contributed by atoms with Crippen molar-refractivity contribution in [1.82, 2.24) is 0 Å². The van der Waals surface area contributed by atoms with Gasteiger partial charge in [0.2, 0.25) is 5.91 Å². The predicted molar refractivity (Wildman–Crippen MR) is 64.6 cm³/mol. The second-order valence-electron chi connectivity index (χ2n) is 4.58. The number of aliphatic carboxylic acids is 1. The monoisotopic (exact) mass is 247 g/mol. The Bertz CT molecular complexity index is 548. The minimum absolute atomic E-state index is 0.256. The summed E-state index contributed by atoms with van der Waals surface area (Å²) in [5.41, 5.74) is 1.63. The maximum Gasteiger partial charge on any atom is 0.324 e. The van der Waals surface area contributed by atoms with Gasteiger partial charge < -0.3 is 10.4 Å². The molecule has 1 heterocycles. The lowest BCUT2D eigenvalue weighted by Gasteiger charge is -2.22. The summed E-state index contributed by atoms with van der Waals surface area (Å²) < 4.78 is 0. The number of anilines is 1. The number of rotatable bonds is 2. The van der Waals surface area contributed by atoms with Crippen LogP contribution in [0.25, 0.3) is 0 Å². The van der Waals surface area contributed by atoms with Gasteiger partial charge in [-0.15, -0.1) is 0 Å². The lowest BCUT2D eigenvalue weighted by molar-refractivity contribution is -0.143. The number of Topliss-reactive ketones (excluding diaryl/α,β-unsaturated/α-hetero) is 1. The van der Waals surface area contributed by atoms with Crippen LogP contribution >= 0.6 is 0 Å². The topological polar surface area (TPSA) is 83.5 Å². The van der Waals surface area contributed by atoms with Crippen LogP contribution < -0.4 is 5.32 Å². The molecule has 1 unspecified atom stereocenters. The number of carboxylic acid groups (broad SMARTS) is 1. The standard InChI is InChI=1S/C13H13NO4/c1-6(2)7-3-4-8-9(5-7)14-12(16)10(11(8)15)13(17)18/h3-6,10H,1-2H3,(H,14,16)(H,17,18). The molecule has 94 valence electrons. The van der Waals surface area contributed by atoms with Gasteiger partial charge in [-0.3, -0.25) is 14.4 Å². The fourth-order valence-electron chi connectivity index (χ4n) is 1.94. The summed E-state index contributed by atoms with van der Waals surface area (Å²) in [7, 11) is 0. The Balaban J connectivity index is 2.49. The van der Waals surface area contributed by atoms with Gasteiger partial charge in [0.1, 0.15) is 0 Å². The third kappa shape index (κ3) is 1.88. The van der Waals surface area contributed by atoms with Crippen molar-refractivity contribution in [2.24, 2.45) is 5.92 Å². The highest BCUT2D eigenvalue weighted by atomic mass is 16.4. The van der Waals surface area contributed by atoms with E-state index in [0.29, 0.717) is 5.69 Å². The molecule has 0 aliphatic carbocycles. The molecule has 5 nitrogen and oxygen atoms in total. The van der Waals surface area contributed by atoms with Crippen molar-refractivity contribution in [2.75, 3.05) is 5.32 Å². The molecule has 1 amide bonds. The zero-order chi connectivity index (χ0) is 13.4. The Labute approximate surface area is 104 Å². The maximum absolute atomic E-state index is 11.9. The van der Waals surface area contributed by atoms with E-state index in [0.717, 1.165) is 5.56 Å². The summed E-state index contributed by atoms with van der Waals surface area (Å²) in [4.78, 5) is 34.4. The van der Waals surface area contributed by atoms with Gasteiger partial charge in [-0.05, 0) is 23.6 Å². The molecule has 2 N–H and O–H groups in total. The van der Waals surface area contributed by atoms with E-state index < -0.39 is 23.6 Å². The number of hydrogen-bond donors (Lipinski definition) is 2. The van der Waals surface area contributed by atoms with E-state index in [1.165, 1.54) is 0 Å². The van der Waals surface area contributed by atoms with Gasteiger partial charge in [0, 0.05) is 5.56 Å². The summed E-state index contributed by atoms with van der Waals surface area (Å²) in [6.07, 6.45) is 0. The molecule has 1 aromatic carbocycles. The number of fused-ring (bicyclic) bond motifs is 1. The Kier molecular flexibility index (Phi) is 2.90. The van der Waals surface area contributed by atoms with Crippen molar-refractivity contribution in [1.29, 1.82) is 0 Å². The number of carboxylic acids is 1. The number of nitrogens with one attached hydrogen (secondary N) is 1. The van der Waals surface area contributed by atoms with E-state index >= 15 is 0 Å². The lowest BCUT2D eigenvalue weighted by atomic mass is 9.89. The fourth-order valence-corrected chi connectivity index (χ4v) is 1.94. The van der Waals surface area contributed by atoms with Crippen molar-refractivity contribution in [3.8, 4) is 0 Å². The highest BCUT2D eigenvalue weighted by Crippen LogP contribution is 2.29. The number of hydrogen-bond acceptors (Lipinski definition) is 3. The average molecular weight is 247 g/mol. The molecule has 0 aromatic heterocycles. The predicted octanol–water partition coefficient (Wildman–Crippen LogP) is 1.65. The fraction of sp³-hybridized carbons (Fsp3) is 0.308.